The van der Waals surface area contributed by atoms with Gasteiger partial charge in [-0.05, 0) is 64.6 Å². The van der Waals surface area contributed by atoms with E-state index in [-0.39, 0.29) is 11.9 Å². The molecule has 1 N–H and O–H groups in total. The van der Waals surface area contributed by atoms with Crippen molar-refractivity contribution < 1.29 is 4.39 Å². The molecule has 2 rings (SSSR count). The second kappa shape index (κ2) is 7.39. The lowest BCUT2D eigenvalue weighted by Crippen LogP contribution is -2.23. The summed E-state index contributed by atoms with van der Waals surface area (Å²) < 4.78 is 14.3. The van der Waals surface area contributed by atoms with E-state index < -0.39 is 0 Å². The monoisotopic (exact) mass is 369 g/mol. The second-order valence-corrected chi connectivity index (χ2v) is 6.24. The Morgan fingerprint density at radius 2 is 2.05 bits per heavy atom. The van der Waals surface area contributed by atoms with Crippen LogP contribution in [0.4, 0.5) is 4.39 Å². The Kier molecular flexibility index (Phi) is 5.80. The Bertz CT molecular complexity index is 630. The van der Waals surface area contributed by atoms with Gasteiger partial charge < -0.3 is 5.32 Å². The first-order valence-corrected chi connectivity index (χ1v) is 8.15. The third kappa shape index (κ3) is 3.85. The lowest BCUT2D eigenvalue weighted by Gasteiger charge is -2.21. The molecule has 1 atom stereocenters. The number of benzene rings is 2. The van der Waals surface area contributed by atoms with Gasteiger partial charge in [0.25, 0.3) is 0 Å². The van der Waals surface area contributed by atoms with Gasteiger partial charge in [0.05, 0.1) is 10.5 Å². The lowest BCUT2D eigenvalue weighted by molar-refractivity contribution is 0.580. The molecule has 0 fully saturated rings. The van der Waals surface area contributed by atoms with Gasteiger partial charge in [0.1, 0.15) is 5.82 Å². The largest absolute Gasteiger partial charge is 0.306 e. The third-order valence-corrected chi connectivity index (χ3v) is 4.66. The molecule has 0 saturated carbocycles. The summed E-state index contributed by atoms with van der Waals surface area (Å²) >= 11 is 9.59. The molecule has 0 aliphatic carbocycles. The van der Waals surface area contributed by atoms with Gasteiger partial charge in [-0.3, -0.25) is 0 Å². The maximum atomic E-state index is 13.8. The van der Waals surface area contributed by atoms with Crippen LogP contribution >= 0.6 is 27.5 Å². The fourth-order valence-electron chi connectivity index (χ4n) is 2.23. The standard InChI is InChI=1S/C17H18BrClFN/c1-3-9-21-17(12-8-7-11(2)14(19)10-12)13-5-4-6-15(20)16(13)18/h4-8,10,17,21H,3,9H2,1-2H3. The van der Waals surface area contributed by atoms with Crippen molar-refractivity contribution in [2.75, 3.05) is 6.54 Å². The Hall–Kier alpha value is -0.900. The zero-order valence-corrected chi connectivity index (χ0v) is 14.4. The second-order valence-electron chi connectivity index (χ2n) is 5.04. The van der Waals surface area contributed by atoms with E-state index in [2.05, 4.69) is 28.2 Å². The molecule has 2 aromatic rings. The Morgan fingerprint density at radius 1 is 1.29 bits per heavy atom. The summed E-state index contributed by atoms with van der Waals surface area (Å²) in [5.74, 6) is -0.256. The van der Waals surface area contributed by atoms with E-state index in [9.17, 15) is 4.39 Å². The zero-order valence-electron chi connectivity index (χ0n) is 12.1. The summed E-state index contributed by atoms with van der Waals surface area (Å²) in [4.78, 5) is 0. The van der Waals surface area contributed by atoms with E-state index in [0.29, 0.717) is 4.47 Å². The van der Waals surface area contributed by atoms with E-state index in [4.69, 9.17) is 11.6 Å². The van der Waals surface area contributed by atoms with Crippen molar-refractivity contribution in [3.63, 3.8) is 0 Å². The van der Waals surface area contributed by atoms with E-state index in [1.807, 2.05) is 31.2 Å². The summed E-state index contributed by atoms with van der Waals surface area (Å²) in [7, 11) is 0. The Labute approximate surface area is 138 Å². The minimum absolute atomic E-state index is 0.0897. The van der Waals surface area contributed by atoms with E-state index in [1.165, 1.54) is 6.07 Å². The Balaban J connectivity index is 2.47. The molecule has 0 aliphatic heterocycles. The summed E-state index contributed by atoms with van der Waals surface area (Å²) in [5.41, 5.74) is 2.95. The first kappa shape index (κ1) is 16.5. The maximum absolute atomic E-state index is 13.8. The van der Waals surface area contributed by atoms with Crippen LogP contribution in [0.1, 0.15) is 36.1 Å². The molecule has 0 radical (unpaired) electrons. The topological polar surface area (TPSA) is 12.0 Å². The van der Waals surface area contributed by atoms with Crippen molar-refractivity contribution in [3.8, 4) is 0 Å². The molecule has 4 heteroatoms. The summed E-state index contributed by atoms with van der Waals surface area (Å²) in [6.45, 7) is 4.92. The quantitative estimate of drug-likeness (QED) is 0.718. The lowest BCUT2D eigenvalue weighted by atomic mass is 9.97. The average Bonchev–Trinajstić information content (AvgIpc) is 2.47. The van der Waals surface area contributed by atoms with Crippen molar-refractivity contribution in [2.45, 2.75) is 26.3 Å². The number of hydrogen-bond acceptors (Lipinski definition) is 1. The zero-order chi connectivity index (χ0) is 15.4. The number of rotatable bonds is 5. The van der Waals surface area contributed by atoms with Gasteiger partial charge in [0, 0.05) is 5.02 Å². The Morgan fingerprint density at radius 3 is 2.71 bits per heavy atom. The highest BCUT2D eigenvalue weighted by Gasteiger charge is 2.18. The molecule has 0 aliphatic rings. The number of aryl methyl sites for hydroxylation is 1. The molecular weight excluding hydrogens is 353 g/mol. The van der Waals surface area contributed by atoms with E-state index >= 15 is 0 Å². The first-order valence-electron chi connectivity index (χ1n) is 6.98. The molecule has 21 heavy (non-hydrogen) atoms. The minimum atomic E-state index is -0.256. The highest BCUT2D eigenvalue weighted by molar-refractivity contribution is 9.10. The number of halogens is 3. The van der Waals surface area contributed by atoms with Gasteiger partial charge in [-0.1, -0.05) is 42.8 Å². The first-order chi connectivity index (χ1) is 10.0. The molecule has 0 aromatic heterocycles. The molecule has 112 valence electrons. The smallest absolute Gasteiger partial charge is 0.137 e. The SMILES string of the molecule is CCCNC(c1ccc(C)c(Cl)c1)c1cccc(F)c1Br. The molecule has 1 nitrogen and oxygen atoms in total. The molecule has 0 bridgehead atoms. The van der Waals surface area contributed by atoms with Crippen LogP contribution in [0.15, 0.2) is 40.9 Å². The molecule has 2 aromatic carbocycles. The minimum Gasteiger partial charge on any atom is -0.306 e. The fourth-order valence-corrected chi connectivity index (χ4v) is 2.91. The molecule has 0 spiro atoms. The summed E-state index contributed by atoms with van der Waals surface area (Å²) in [5, 5.41) is 4.19. The predicted octanol–water partition coefficient (Wildman–Crippen LogP) is 5.64. The van der Waals surface area contributed by atoms with Gasteiger partial charge in [-0.15, -0.1) is 0 Å². The van der Waals surface area contributed by atoms with Crippen molar-refractivity contribution in [1.82, 2.24) is 5.32 Å². The molecular formula is C17H18BrClFN. The third-order valence-electron chi connectivity index (χ3n) is 3.42. The maximum Gasteiger partial charge on any atom is 0.137 e. The van der Waals surface area contributed by atoms with E-state index in [1.54, 1.807) is 6.07 Å². The normalized spacial score (nSPS) is 12.4. The number of nitrogens with one attached hydrogen (secondary N) is 1. The highest BCUT2D eigenvalue weighted by Crippen LogP contribution is 2.32. The van der Waals surface area contributed by atoms with Crippen LogP contribution in [0, 0.1) is 12.7 Å². The van der Waals surface area contributed by atoms with Crippen LogP contribution in [0.2, 0.25) is 5.02 Å². The molecule has 0 saturated heterocycles. The van der Waals surface area contributed by atoms with Gasteiger partial charge in [0.15, 0.2) is 0 Å². The molecule has 0 heterocycles. The van der Waals surface area contributed by atoms with Crippen LogP contribution < -0.4 is 5.32 Å². The van der Waals surface area contributed by atoms with Crippen LogP contribution in [0.3, 0.4) is 0 Å². The molecule has 1 unspecified atom stereocenters. The van der Waals surface area contributed by atoms with Crippen LogP contribution in [0.25, 0.3) is 0 Å². The molecule has 0 amide bonds. The van der Waals surface area contributed by atoms with E-state index in [0.717, 1.165) is 34.7 Å². The number of hydrogen-bond donors (Lipinski definition) is 1. The predicted molar refractivity (Wildman–Crippen MR) is 90.4 cm³/mol. The van der Waals surface area contributed by atoms with Crippen molar-refractivity contribution in [2.24, 2.45) is 0 Å². The van der Waals surface area contributed by atoms with Gasteiger partial charge >= 0.3 is 0 Å². The van der Waals surface area contributed by atoms with Gasteiger partial charge in [-0.2, -0.15) is 0 Å². The average molecular weight is 371 g/mol. The highest BCUT2D eigenvalue weighted by atomic mass is 79.9. The van der Waals surface area contributed by atoms with Crippen LogP contribution in [-0.4, -0.2) is 6.54 Å². The van der Waals surface area contributed by atoms with Crippen molar-refractivity contribution in [3.05, 3.63) is 68.4 Å². The van der Waals surface area contributed by atoms with Crippen LogP contribution in [-0.2, 0) is 0 Å². The van der Waals surface area contributed by atoms with Crippen molar-refractivity contribution in [1.29, 1.82) is 0 Å². The van der Waals surface area contributed by atoms with Crippen LogP contribution in [0.5, 0.6) is 0 Å². The van der Waals surface area contributed by atoms with Crippen molar-refractivity contribution >= 4 is 27.5 Å². The summed E-state index contributed by atoms with van der Waals surface area (Å²) in [6.07, 6.45) is 1.00. The fraction of sp³-hybridized carbons (Fsp3) is 0.294. The summed E-state index contributed by atoms with van der Waals surface area (Å²) in [6, 6.07) is 11.0. The van der Waals surface area contributed by atoms with Gasteiger partial charge in [-0.25, -0.2) is 4.39 Å². The van der Waals surface area contributed by atoms with Gasteiger partial charge in [0.2, 0.25) is 0 Å².